The number of amides is 1. The number of carboxylic acids is 1. The molecular weight excluding hydrogens is 782 g/mol. The lowest BCUT2D eigenvalue weighted by molar-refractivity contribution is -0.271. The van der Waals surface area contributed by atoms with Gasteiger partial charge in [-0.05, 0) is 52.6 Å². The Morgan fingerprint density at radius 2 is 1.45 bits per heavy atom. The molecule has 0 aromatic heterocycles. The lowest BCUT2D eigenvalue weighted by Crippen LogP contribution is -2.61. The number of carbonyl (C=O) groups is 2. The molecule has 0 saturated carbocycles. The van der Waals surface area contributed by atoms with Crippen LogP contribution in [0.3, 0.4) is 0 Å². The summed E-state index contributed by atoms with van der Waals surface area (Å²) in [4.78, 5) is 27.4. The van der Waals surface area contributed by atoms with Crippen LogP contribution in [-0.4, -0.2) is 131 Å². The molecule has 3 heterocycles. The number of carboxylic acid groups (broad SMARTS) is 1. The van der Waals surface area contributed by atoms with Gasteiger partial charge in [0, 0.05) is 17.0 Å². The summed E-state index contributed by atoms with van der Waals surface area (Å²) in [6.45, 7) is -0.597. The highest BCUT2D eigenvalue weighted by Gasteiger charge is 2.52. The molecule has 0 spiro atoms. The maximum absolute atomic E-state index is 13.9. The van der Waals surface area contributed by atoms with Gasteiger partial charge in [-0.15, -0.1) is 11.8 Å². The number of β-lactam (4-membered cyclic amide) rings is 1. The van der Waals surface area contributed by atoms with E-state index in [0.717, 1.165) is 11.8 Å². The van der Waals surface area contributed by atoms with Gasteiger partial charge in [-0.25, -0.2) is 9.18 Å². The van der Waals surface area contributed by atoms with E-state index in [1.165, 1.54) is 29.2 Å². The fourth-order valence-electron chi connectivity index (χ4n) is 7.36. The van der Waals surface area contributed by atoms with Gasteiger partial charge >= 0.3 is 5.97 Å². The molecule has 13 atom stereocenters. The molecule has 1 amide bonds. The van der Waals surface area contributed by atoms with Gasteiger partial charge < -0.3 is 65.1 Å². The number of thioether (sulfide) groups is 1. The maximum atomic E-state index is 13.9. The van der Waals surface area contributed by atoms with E-state index in [-0.39, 0.29) is 17.4 Å². The minimum Gasteiger partial charge on any atom is -0.479 e. The molecule has 308 valence electrons. The van der Waals surface area contributed by atoms with Crippen molar-refractivity contribution in [3.05, 3.63) is 120 Å². The van der Waals surface area contributed by atoms with Gasteiger partial charge in [0.15, 0.2) is 6.10 Å². The highest BCUT2D eigenvalue weighted by molar-refractivity contribution is 8.00. The Labute approximate surface area is 335 Å². The number of carbonyl (C=O) groups excluding carboxylic acids is 1. The summed E-state index contributed by atoms with van der Waals surface area (Å²) in [6.07, 6.45) is -17.5. The van der Waals surface area contributed by atoms with Crippen LogP contribution in [0.15, 0.2) is 97.1 Å². The second-order valence-electron chi connectivity index (χ2n) is 14.3. The molecule has 3 saturated heterocycles. The van der Waals surface area contributed by atoms with E-state index in [2.05, 4.69) is 0 Å². The fourth-order valence-corrected chi connectivity index (χ4v) is 8.65. The zero-order valence-corrected chi connectivity index (χ0v) is 31.3. The lowest BCUT2D eigenvalue weighted by atomic mass is 9.89. The second-order valence-corrected chi connectivity index (χ2v) is 15.5. The van der Waals surface area contributed by atoms with E-state index in [4.69, 9.17) is 14.2 Å². The molecule has 4 aromatic carbocycles. The number of anilines is 1. The third-order valence-corrected chi connectivity index (χ3v) is 11.9. The van der Waals surface area contributed by atoms with Crippen molar-refractivity contribution in [3.63, 3.8) is 0 Å². The van der Waals surface area contributed by atoms with Crippen LogP contribution in [0.2, 0.25) is 0 Å². The van der Waals surface area contributed by atoms with Gasteiger partial charge in [0.25, 0.3) is 0 Å². The number of aliphatic hydroxyl groups excluding tert-OH is 8. The Hall–Kier alpha value is -4.50. The average molecular weight is 824 g/mol. The molecule has 17 heteroatoms. The van der Waals surface area contributed by atoms with Crippen LogP contribution in [0, 0.1) is 5.82 Å². The topological polar surface area (TPSA) is 247 Å². The number of aliphatic carboxylic acids is 1. The third-order valence-electron chi connectivity index (χ3n) is 10.6. The molecule has 7 rings (SSSR count). The van der Waals surface area contributed by atoms with E-state index in [9.17, 15) is 59.9 Å². The summed E-state index contributed by atoms with van der Waals surface area (Å²) in [5.41, 5.74) is 2.86. The Morgan fingerprint density at radius 1 is 0.793 bits per heavy atom. The first-order valence-corrected chi connectivity index (χ1v) is 19.4. The summed E-state index contributed by atoms with van der Waals surface area (Å²) in [5.74, 6) is -2.33. The molecule has 58 heavy (non-hydrogen) atoms. The van der Waals surface area contributed by atoms with Crippen molar-refractivity contribution >= 4 is 29.3 Å². The largest absolute Gasteiger partial charge is 0.479 e. The Balaban J connectivity index is 1.25. The fraction of sp³-hybridized carbons (Fsp3) is 0.366. The van der Waals surface area contributed by atoms with E-state index in [0.29, 0.717) is 33.5 Å². The van der Waals surface area contributed by atoms with Gasteiger partial charge in [0.2, 0.25) is 12.2 Å². The number of ether oxygens (including phenoxy) is 3. The molecule has 5 unspecified atom stereocenters. The lowest BCUT2D eigenvalue weighted by Gasteiger charge is -2.48. The van der Waals surface area contributed by atoms with Crippen molar-refractivity contribution in [2.45, 2.75) is 78.6 Å². The van der Waals surface area contributed by atoms with Crippen molar-refractivity contribution in [2.24, 2.45) is 0 Å². The number of benzene rings is 4. The Bertz CT molecular complexity index is 2060. The average Bonchev–Trinajstić information content (AvgIpc) is 3.23. The minimum atomic E-state index is -1.98. The van der Waals surface area contributed by atoms with Gasteiger partial charge in [-0.1, -0.05) is 66.7 Å². The van der Waals surface area contributed by atoms with Crippen LogP contribution in [0.1, 0.15) is 34.9 Å². The Kier molecular flexibility index (Phi) is 12.5. The maximum Gasteiger partial charge on any atom is 0.335 e. The summed E-state index contributed by atoms with van der Waals surface area (Å²) in [7, 11) is 0. The Morgan fingerprint density at radius 3 is 2.10 bits per heavy atom. The van der Waals surface area contributed by atoms with E-state index < -0.39 is 97.0 Å². The second kappa shape index (κ2) is 17.4. The molecule has 4 aromatic rings. The molecule has 3 aliphatic heterocycles. The number of para-hydroxylation sites is 1. The highest BCUT2D eigenvalue weighted by atomic mass is 32.2. The zero-order chi connectivity index (χ0) is 41.4. The molecule has 9 N–H and O–H groups in total. The predicted octanol–water partition coefficient (Wildman–Crippen LogP) is 1.20. The van der Waals surface area contributed by atoms with Crippen molar-refractivity contribution in [1.82, 2.24) is 0 Å². The minimum absolute atomic E-state index is 0.00963. The molecule has 3 fully saturated rings. The monoisotopic (exact) mass is 823 g/mol. The smallest absolute Gasteiger partial charge is 0.335 e. The highest BCUT2D eigenvalue weighted by Crippen LogP contribution is 2.49. The molecule has 0 bridgehead atoms. The first kappa shape index (κ1) is 41.7. The van der Waals surface area contributed by atoms with Crippen LogP contribution in [0.4, 0.5) is 10.1 Å². The normalized spacial score (nSPS) is 31.7. The van der Waals surface area contributed by atoms with Crippen LogP contribution in [0.25, 0.3) is 11.1 Å². The quantitative estimate of drug-likeness (QED) is 0.0912. The van der Waals surface area contributed by atoms with E-state index >= 15 is 0 Å². The van der Waals surface area contributed by atoms with Crippen LogP contribution in [-0.2, 0) is 19.1 Å². The van der Waals surface area contributed by atoms with E-state index in [1.807, 2.05) is 0 Å². The predicted molar refractivity (Wildman–Crippen MR) is 204 cm³/mol. The van der Waals surface area contributed by atoms with E-state index in [1.54, 1.807) is 72.8 Å². The van der Waals surface area contributed by atoms with Gasteiger partial charge in [0.05, 0.1) is 18.8 Å². The number of nitrogens with zero attached hydrogens (tertiary/aromatic N) is 1. The number of hydrogen-bond acceptors (Lipinski definition) is 14. The SMILES string of the molecule is O=C(O)C1O[C@@H](Oc2cc(-c3ccc(C4O[C@H](CO)[C@@H](O)[C@H](O)[C@H]4O)cc3)ccc2[C@@H]2[C@@H](SC[C@H](O)c3ccc(F)cc3)C(=O)N2c2ccccc2)C(O)C(O)C1O. The standard InChI is InChI=1S/C41H42FNO14S/c42-23-13-10-20(11-14-23)26(45)18-58-38-29(43(39(38)52)24-4-2-1-3-5-24)25-15-12-22(16-27(25)56-41-35(51)32(48)34(50)37(57-41)40(53)54)19-6-8-21(9-7-19)36-33(49)31(47)30(46)28(17-44)55-36/h1-16,26,28-38,41,44-51H,17-18H2,(H,53,54)/t26-,28+,29+,30+,31-,32?,33+,34?,35?,36?,37?,38+,41+/m0/s1. The first-order valence-electron chi connectivity index (χ1n) is 18.4. The molecule has 15 nitrogen and oxygen atoms in total. The number of halogens is 1. The van der Waals surface area contributed by atoms with Crippen LogP contribution in [0.5, 0.6) is 5.75 Å². The van der Waals surface area contributed by atoms with Crippen molar-refractivity contribution in [2.75, 3.05) is 17.3 Å². The summed E-state index contributed by atoms with van der Waals surface area (Å²) >= 11 is 1.15. The molecule has 0 aliphatic carbocycles. The van der Waals surface area contributed by atoms with Crippen LogP contribution < -0.4 is 9.64 Å². The number of aliphatic hydroxyl groups is 8. The first-order chi connectivity index (χ1) is 27.8. The molecule has 0 radical (unpaired) electrons. The molecular formula is C41H42FNO14S. The zero-order valence-electron chi connectivity index (χ0n) is 30.5. The summed E-state index contributed by atoms with van der Waals surface area (Å²) in [6, 6.07) is 24.8. The molecule has 3 aliphatic rings. The number of rotatable bonds is 12. The van der Waals surface area contributed by atoms with Crippen molar-refractivity contribution < 1.29 is 74.1 Å². The van der Waals surface area contributed by atoms with Crippen LogP contribution >= 0.6 is 11.8 Å². The van der Waals surface area contributed by atoms with Gasteiger partial charge in [-0.3, -0.25) is 4.79 Å². The summed E-state index contributed by atoms with van der Waals surface area (Å²) < 4.78 is 31.0. The van der Waals surface area contributed by atoms with Gasteiger partial charge in [-0.2, -0.15) is 0 Å². The third kappa shape index (κ3) is 8.08. The number of hydrogen-bond donors (Lipinski definition) is 9. The van der Waals surface area contributed by atoms with Crippen molar-refractivity contribution in [1.29, 1.82) is 0 Å². The van der Waals surface area contributed by atoms with Crippen molar-refractivity contribution in [3.8, 4) is 16.9 Å². The van der Waals surface area contributed by atoms with Gasteiger partial charge in [0.1, 0.15) is 65.6 Å². The summed E-state index contributed by atoms with van der Waals surface area (Å²) in [5, 5.41) is 92.6.